The molecule has 4 N–H and O–H groups in total. The van der Waals surface area contributed by atoms with Crippen LogP contribution in [-0.4, -0.2) is 159 Å². The van der Waals surface area contributed by atoms with Crippen molar-refractivity contribution in [2.75, 3.05) is 64.0 Å². The molecule has 0 fully saturated rings. The molecular formula is C32H54O22SSi. The van der Waals surface area contributed by atoms with Gasteiger partial charge in [0.15, 0.2) is 5.78 Å². The minimum absolute atomic E-state index is 0.0567. The van der Waals surface area contributed by atoms with Gasteiger partial charge in [-0.25, -0.2) is 9.59 Å². The third kappa shape index (κ3) is 61.0. The quantitative estimate of drug-likeness (QED) is 0.0471. The predicted octanol–water partition coefficient (Wildman–Crippen LogP) is 0.534. The van der Waals surface area contributed by atoms with E-state index in [0.717, 1.165) is 11.8 Å². The molecule has 0 aliphatic carbocycles. The van der Waals surface area contributed by atoms with E-state index in [0.29, 0.717) is 19.4 Å². The number of carbonyl (C=O) groups is 11. The molecule has 0 aliphatic rings. The number of carbonyl (C=O) groups excluding carboxylic acids is 7. The van der Waals surface area contributed by atoms with Crippen LogP contribution in [0.3, 0.4) is 0 Å². The molecule has 22 nitrogen and oxygen atoms in total. The first-order valence-corrected chi connectivity index (χ1v) is 20.9. The van der Waals surface area contributed by atoms with E-state index in [1.54, 1.807) is 34.6 Å². The number of carboxylic acids is 4. The highest BCUT2D eigenvalue weighted by atomic mass is 32.2. The second-order valence-electron chi connectivity index (χ2n) is 9.91. The van der Waals surface area contributed by atoms with Gasteiger partial charge >= 0.3 is 59.7 Å². The zero-order valence-corrected chi connectivity index (χ0v) is 34.5. The fourth-order valence-electron chi connectivity index (χ4n) is 2.43. The Morgan fingerprint density at radius 2 is 0.821 bits per heavy atom. The van der Waals surface area contributed by atoms with E-state index in [1.165, 1.54) is 0 Å². The van der Waals surface area contributed by atoms with Gasteiger partial charge in [-0.3, -0.25) is 43.2 Å². The summed E-state index contributed by atoms with van der Waals surface area (Å²) in [5, 5.41) is 32.4. The number of thioether (sulfide) groups is 1. The summed E-state index contributed by atoms with van der Waals surface area (Å²) >= 11 is 1.04. The molecule has 0 atom stereocenters. The third-order valence-corrected chi connectivity index (χ3v) is 5.99. The molecule has 24 heteroatoms. The zero-order valence-electron chi connectivity index (χ0n) is 32.5. The molecule has 0 amide bonds. The molecule has 324 valence electrons. The highest BCUT2D eigenvalue weighted by Gasteiger charge is 2.14. The van der Waals surface area contributed by atoms with E-state index in [9.17, 15) is 52.7 Å². The van der Waals surface area contributed by atoms with Crippen molar-refractivity contribution in [1.29, 1.82) is 0 Å². The fourth-order valence-corrected chi connectivity index (χ4v) is 3.47. The highest BCUT2D eigenvalue weighted by molar-refractivity contribution is 8.00. The van der Waals surface area contributed by atoms with Crippen molar-refractivity contribution in [2.45, 2.75) is 73.4 Å². The average molecular weight is 851 g/mol. The molecule has 0 saturated heterocycles. The number of Topliss-reactive ketones (excluding diaryl/α,β-unsaturated/α-hetero) is 1. The Hall–Kier alpha value is -5.10. The molecule has 0 heterocycles. The monoisotopic (exact) mass is 850 g/mol. The van der Waals surface area contributed by atoms with Crippen LogP contribution in [-0.2, 0) is 85.9 Å². The van der Waals surface area contributed by atoms with Crippen LogP contribution >= 0.6 is 11.8 Å². The van der Waals surface area contributed by atoms with Gasteiger partial charge in [0, 0.05) is 0 Å². The van der Waals surface area contributed by atoms with E-state index >= 15 is 0 Å². The smallest absolute Gasteiger partial charge is 0.332 e. The summed E-state index contributed by atoms with van der Waals surface area (Å²) < 4.78 is 31.7. The molecule has 56 heavy (non-hydrogen) atoms. The third-order valence-electron chi connectivity index (χ3n) is 4.27. The number of hydrogen-bond acceptors (Lipinski definition) is 19. The fraction of sp³-hybridized carbons (Fsp3) is 0.656. The van der Waals surface area contributed by atoms with Crippen LogP contribution in [0.4, 0.5) is 0 Å². The van der Waals surface area contributed by atoms with Crippen molar-refractivity contribution in [1.82, 2.24) is 0 Å². The Labute approximate surface area is 329 Å². The van der Waals surface area contributed by atoms with Crippen molar-refractivity contribution in [3.63, 3.8) is 0 Å². The van der Waals surface area contributed by atoms with Gasteiger partial charge in [0.2, 0.25) is 0 Å². The van der Waals surface area contributed by atoms with E-state index < -0.39 is 94.2 Å². The van der Waals surface area contributed by atoms with Crippen LogP contribution in [0.1, 0.15) is 60.3 Å². The second kappa shape index (κ2) is 42.6. The van der Waals surface area contributed by atoms with Crippen LogP contribution in [0.25, 0.3) is 0 Å². The minimum atomic E-state index is -1.23. The molecular weight excluding hydrogens is 796 g/mol. The standard InChI is InChI=1S/C8H16O4Si.C7H10O5.C6H10O5.C6H10O4S.C5H8O4/c1-4-11-7(9)5-8(10)12-6-13(2)3;1-2-12-7(11)4-5(8)3-6(9)10;1-2-11-6(9)4-10-3-5(7)8;1-2-10-6(9)4-11-3-5(7)8;1-2-9-5(8)3-4(6)7/h13H,4-6H2,1-3H3;2-4H2,1H3,(H,9,10);2*2-4H2,1H3,(H,7,8);2-3H2,1H3,(H,6,7). The summed E-state index contributed by atoms with van der Waals surface area (Å²) in [4.78, 5) is 114. The molecule has 0 radical (unpaired) electrons. The minimum Gasteiger partial charge on any atom is -0.481 e. The van der Waals surface area contributed by atoms with Crippen LogP contribution < -0.4 is 0 Å². The van der Waals surface area contributed by atoms with E-state index in [2.05, 4.69) is 41.5 Å². The van der Waals surface area contributed by atoms with Crippen molar-refractivity contribution in [3.8, 4) is 0 Å². The molecule has 0 bridgehead atoms. The highest BCUT2D eigenvalue weighted by Crippen LogP contribution is 1.99. The Bertz CT molecular complexity index is 1170. The van der Waals surface area contributed by atoms with Crippen LogP contribution in [0.2, 0.25) is 13.1 Å². The first-order chi connectivity index (χ1) is 26.1. The van der Waals surface area contributed by atoms with Gasteiger partial charge in [-0.05, 0) is 34.6 Å². The van der Waals surface area contributed by atoms with Crippen molar-refractivity contribution in [2.24, 2.45) is 0 Å². The van der Waals surface area contributed by atoms with Crippen LogP contribution in [0, 0.1) is 0 Å². The van der Waals surface area contributed by atoms with E-state index in [1.807, 2.05) is 0 Å². The largest absolute Gasteiger partial charge is 0.481 e. The van der Waals surface area contributed by atoms with Crippen LogP contribution in [0.5, 0.6) is 0 Å². The summed E-state index contributed by atoms with van der Waals surface area (Å²) in [6, 6.07) is 0. The molecule has 0 aromatic carbocycles. The van der Waals surface area contributed by atoms with Crippen molar-refractivity contribution >= 4 is 86.0 Å². The van der Waals surface area contributed by atoms with E-state index in [4.69, 9.17) is 25.2 Å². The Balaban J connectivity index is -0.000000194. The molecule has 0 aromatic heterocycles. The maximum absolute atomic E-state index is 10.9. The molecule has 0 saturated carbocycles. The first-order valence-electron chi connectivity index (χ1n) is 16.6. The predicted molar refractivity (Wildman–Crippen MR) is 195 cm³/mol. The Kier molecular flexibility index (Phi) is 45.8. The molecule has 0 spiro atoms. The summed E-state index contributed by atoms with van der Waals surface area (Å²) in [5.41, 5.74) is 0. The average Bonchev–Trinajstić information content (AvgIpc) is 3.04. The van der Waals surface area contributed by atoms with Gasteiger partial charge in [0.25, 0.3) is 0 Å². The lowest BCUT2D eigenvalue weighted by atomic mass is 10.2. The van der Waals surface area contributed by atoms with Gasteiger partial charge in [-0.2, -0.15) is 0 Å². The normalized spacial score (nSPS) is 9.21. The number of rotatable bonds is 23. The number of hydrogen-bond donors (Lipinski definition) is 4. The number of aliphatic carboxylic acids is 4. The Morgan fingerprint density at radius 1 is 0.429 bits per heavy atom. The van der Waals surface area contributed by atoms with Gasteiger partial charge in [0.1, 0.15) is 38.9 Å². The lowest BCUT2D eigenvalue weighted by Crippen LogP contribution is -2.19. The summed E-state index contributed by atoms with van der Waals surface area (Å²) in [7, 11) is -0.883. The summed E-state index contributed by atoms with van der Waals surface area (Å²) in [6.07, 6.45) is -1.42. The maximum Gasteiger partial charge on any atom is 0.332 e. The molecule has 0 aliphatic heterocycles. The topological polar surface area (TPSA) is 333 Å². The molecule has 0 unspecified atom stereocenters. The number of ether oxygens (including phenoxy) is 7. The van der Waals surface area contributed by atoms with Gasteiger partial charge in [0.05, 0.1) is 59.6 Å². The lowest BCUT2D eigenvalue weighted by Gasteiger charge is -2.05. The van der Waals surface area contributed by atoms with Crippen molar-refractivity contribution < 1.29 is 106 Å². The Morgan fingerprint density at radius 3 is 1.21 bits per heavy atom. The lowest BCUT2D eigenvalue weighted by molar-refractivity contribution is -0.154. The van der Waals surface area contributed by atoms with Gasteiger partial charge < -0.3 is 53.6 Å². The van der Waals surface area contributed by atoms with Crippen LogP contribution in [0.15, 0.2) is 0 Å². The zero-order chi connectivity index (χ0) is 44.5. The van der Waals surface area contributed by atoms with Gasteiger partial charge in [-0.15, -0.1) is 11.8 Å². The maximum atomic E-state index is 10.9. The van der Waals surface area contributed by atoms with Gasteiger partial charge in [-0.1, -0.05) is 13.1 Å². The SMILES string of the molecule is CCOC(=O)CC(=O)CC(=O)O.CCOC(=O)CC(=O)O.CCOC(=O)CC(=O)OC[SiH](C)C.CCOC(=O)COCC(=O)O.CCOC(=O)CSCC(=O)O. The second-order valence-corrected chi connectivity index (χ2v) is 14.0. The summed E-state index contributed by atoms with van der Waals surface area (Å²) in [5.74, 6) is -8.27. The number of carboxylic acid groups (broad SMARTS) is 4. The number of ketones is 1. The van der Waals surface area contributed by atoms with Crippen molar-refractivity contribution in [3.05, 3.63) is 0 Å². The summed E-state index contributed by atoms with van der Waals surface area (Å²) in [6.45, 7) is 13.0. The van der Waals surface area contributed by atoms with E-state index in [-0.39, 0.29) is 50.3 Å². The molecule has 0 aromatic rings. The first kappa shape index (κ1) is 60.2. The number of esters is 6. The molecule has 0 rings (SSSR count).